The SMILES string of the molecule is COc1cc(CN(CC2=C(C)OC(C)(C)N2)Cc2ncco2)cc(C)c1OC(C)(C)C(C)=O. The summed E-state index contributed by atoms with van der Waals surface area (Å²) < 4.78 is 23.1. The first-order valence-corrected chi connectivity index (χ1v) is 11.1. The van der Waals surface area contributed by atoms with Gasteiger partial charge in [-0.25, -0.2) is 4.98 Å². The van der Waals surface area contributed by atoms with Gasteiger partial charge in [-0.15, -0.1) is 0 Å². The van der Waals surface area contributed by atoms with Gasteiger partial charge < -0.3 is 23.9 Å². The Morgan fingerprint density at radius 3 is 2.48 bits per heavy atom. The van der Waals surface area contributed by atoms with Crippen LogP contribution in [0.2, 0.25) is 0 Å². The highest BCUT2D eigenvalue weighted by atomic mass is 16.5. The molecule has 1 aliphatic rings. The number of nitrogens with one attached hydrogen (secondary N) is 1. The van der Waals surface area contributed by atoms with Gasteiger partial charge in [-0.2, -0.15) is 0 Å². The number of ketones is 1. The number of rotatable bonds is 10. The van der Waals surface area contributed by atoms with Crippen LogP contribution in [0.25, 0.3) is 0 Å². The summed E-state index contributed by atoms with van der Waals surface area (Å²) in [5.41, 5.74) is 1.59. The summed E-state index contributed by atoms with van der Waals surface area (Å²) in [6.07, 6.45) is 3.22. The van der Waals surface area contributed by atoms with E-state index in [0.717, 1.165) is 22.6 Å². The number of aromatic nitrogens is 1. The molecule has 1 aromatic heterocycles. The molecular weight excluding hydrogens is 422 g/mol. The minimum absolute atomic E-state index is 0.0528. The fourth-order valence-corrected chi connectivity index (χ4v) is 3.76. The average Bonchev–Trinajstić information content (AvgIpc) is 3.30. The lowest BCUT2D eigenvalue weighted by Gasteiger charge is -2.27. The van der Waals surface area contributed by atoms with Crippen LogP contribution in [0.5, 0.6) is 11.5 Å². The van der Waals surface area contributed by atoms with Crippen LogP contribution in [0, 0.1) is 6.92 Å². The number of nitrogens with zero attached hydrogens (tertiary/aromatic N) is 2. The molecule has 0 saturated heterocycles. The molecule has 0 bridgehead atoms. The molecule has 0 aliphatic carbocycles. The molecule has 0 atom stereocenters. The molecule has 180 valence electrons. The maximum Gasteiger partial charge on any atom is 0.208 e. The lowest BCUT2D eigenvalue weighted by molar-refractivity contribution is -0.129. The number of carbonyl (C=O) groups is 1. The fourth-order valence-electron chi connectivity index (χ4n) is 3.76. The summed E-state index contributed by atoms with van der Waals surface area (Å²) in [7, 11) is 1.60. The number of hydrogen-bond acceptors (Lipinski definition) is 8. The van der Waals surface area contributed by atoms with Crippen LogP contribution in [0.3, 0.4) is 0 Å². The van der Waals surface area contributed by atoms with E-state index in [2.05, 4.69) is 21.3 Å². The third kappa shape index (κ3) is 6.07. The lowest BCUT2D eigenvalue weighted by atomic mass is 10.0. The molecule has 0 fully saturated rings. The van der Waals surface area contributed by atoms with Gasteiger partial charge in [-0.05, 0) is 65.7 Å². The van der Waals surface area contributed by atoms with Gasteiger partial charge in [-0.3, -0.25) is 9.69 Å². The van der Waals surface area contributed by atoms with E-state index in [0.29, 0.717) is 37.0 Å². The fraction of sp³-hybridized carbons (Fsp3) is 0.520. The second kappa shape index (κ2) is 9.47. The summed E-state index contributed by atoms with van der Waals surface area (Å²) in [5.74, 6) is 2.63. The van der Waals surface area contributed by atoms with Gasteiger partial charge in [0.2, 0.25) is 5.89 Å². The number of aryl methyl sites for hydroxylation is 1. The molecule has 1 aromatic carbocycles. The van der Waals surface area contributed by atoms with E-state index < -0.39 is 11.3 Å². The first kappa shape index (κ1) is 24.6. The Kier molecular flexibility index (Phi) is 7.07. The Bertz CT molecular complexity index is 1020. The van der Waals surface area contributed by atoms with Crippen LogP contribution < -0.4 is 14.8 Å². The molecule has 0 spiro atoms. The van der Waals surface area contributed by atoms with Crippen LogP contribution in [-0.2, 0) is 22.6 Å². The van der Waals surface area contributed by atoms with Crippen LogP contribution in [-0.4, -0.2) is 40.6 Å². The molecule has 3 rings (SSSR count). The Morgan fingerprint density at radius 1 is 1.21 bits per heavy atom. The van der Waals surface area contributed by atoms with Crippen LogP contribution in [0.15, 0.2) is 40.5 Å². The topological polar surface area (TPSA) is 86.1 Å². The Hall–Kier alpha value is -3.00. The maximum atomic E-state index is 12.0. The van der Waals surface area contributed by atoms with Crippen molar-refractivity contribution >= 4 is 5.78 Å². The number of carbonyl (C=O) groups excluding carboxylic acids is 1. The molecular formula is C25H35N3O5. The monoisotopic (exact) mass is 457 g/mol. The number of benzene rings is 1. The zero-order valence-corrected chi connectivity index (χ0v) is 20.9. The van der Waals surface area contributed by atoms with E-state index in [9.17, 15) is 4.79 Å². The van der Waals surface area contributed by atoms with Crippen molar-refractivity contribution in [2.75, 3.05) is 13.7 Å². The standard InChI is InChI=1S/C25H35N3O5/c1-16-11-19(12-21(30-8)23(16)33-24(4,5)18(3)29)13-28(15-22-26-9-10-31-22)14-20-17(2)32-25(6,7)27-20/h9-12,27H,13-15H2,1-8H3. The van der Waals surface area contributed by atoms with Gasteiger partial charge in [0, 0.05) is 13.1 Å². The van der Waals surface area contributed by atoms with Crippen LogP contribution >= 0.6 is 0 Å². The molecule has 33 heavy (non-hydrogen) atoms. The Labute approximate surface area is 195 Å². The van der Waals surface area contributed by atoms with Crippen molar-refractivity contribution in [2.24, 2.45) is 0 Å². The number of allylic oxidation sites excluding steroid dienone is 1. The number of ether oxygens (including phenoxy) is 3. The summed E-state index contributed by atoms with van der Waals surface area (Å²) in [4.78, 5) is 18.5. The van der Waals surface area contributed by atoms with Gasteiger partial charge in [-0.1, -0.05) is 6.07 Å². The summed E-state index contributed by atoms with van der Waals surface area (Å²) in [5, 5.41) is 3.44. The second-order valence-corrected chi connectivity index (χ2v) is 9.46. The highest BCUT2D eigenvalue weighted by Crippen LogP contribution is 2.36. The molecule has 2 aromatic rings. The number of Topliss-reactive ketones (excluding diaryl/α,β-unsaturated/α-hetero) is 1. The highest BCUT2D eigenvalue weighted by Gasteiger charge is 2.31. The maximum absolute atomic E-state index is 12.0. The molecule has 0 unspecified atom stereocenters. The molecule has 1 N–H and O–H groups in total. The smallest absolute Gasteiger partial charge is 0.208 e. The normalized spacial score (nSPS) is 15.4. The van der Waals surface area contributed by atoms with Gasteiger partial charge in [0.15, 0.2) is 28.6 Å². The van der Waals surface area contributed by atoms with E-state index >= 15 is 0 Å². The first-order valence-electron chi connectivity index (χ1n) is 11.1. The second-order valence-electron chi connectivity index (χ2n) is 9.46. The van der Waals surface area contributed by atoms with E-state index in [1.807, 2.05) is 33.8 Å². The van der Waals surface area contributed by atoms with Crippen molar-refractivity contribution in [3.05, 3.63) is 53.1 Å². The third-order valence-electron chi connectivity index (χ3n) is 5.64. The number of oxazole rings is 1. The van der Waals surface area contributed by atoms with Crippen molar-refractivity contribution in [1.29, 1.82) is 0 Å². The lowest BCUT2D eigenvalue weighted by Crippen LogP contribution is -2.38. The van der Waals surface area contributed by atoms with Gasteiger partial charge in [0.05, 0.1) is 25.5 Å². The molecule has 1 aliphatic heterocycles. The van der Waals surface area contributed by atoms with Crippen molar-refractivity contribution in [1.82, 2.24) is 15.2 Å². The Morgan fingerprint density at radius 2 is 1.94 bits per heavy atom. The predicted molar refractivity (Wildman–Crippen MR) is 125 cm³/mol. The van der Waals surface area contributed by atoms with Crippen molar-refractivity contribution < 1.29 is 23.4 Å². The van der Waals surface area contributed by atoms with E-state index in [4.69, 9.17) is 18.6 Å². The number of methoxy groups -OCH3 is 1. The van der Waals surface area contributed by atoms with Crippen molar-refractivity contribution in [2.45, 2.75) is 72.9 Å². The van der Waals surface area contributed by atoms with Crippen molar-refractivity contribution in [3.8, 4) is 11.5 Å². The first-order chi connectivity index (χ1) is 15.4. The van der Waals surface area contributed by atoms with Crippen LogP contribution in [0.1, 0.15) is 58.6 Å². The molecule has 0 amide bonds. The average molecular weight is 458 g/mol. The minimum atomic E-state index is -0.943. The molecule has 2 heterocycles. The van der Waals surface area contributed by atoms with Gasteiger partial charge in [0.25, 0.3) is 0 Å². The third-order valence-corrected chi connectivity index (χ3v) is 5.64. The largest absolute Gasteiger partial charge is 0.493 e. The summed E-state index contributed by atoms with van der Waals surface area (Å²) in [6, 6.07) is 4.01. The number of hydrogen-bond donors (Lipinski definition) is 1. The van der Waals surface area contributed by atoms with Gasteiger partial charge >= 0.3 is 0 Å². The minimum Gasteiger partial charge on any atom is -0.493 e. The highest BCUT2D eigenvalue weighted by molar-refractivity contribution is 5.84. The molecule has 8 nitrogen and oxygen atoms in total. The van der Waals surface area contributed by atoms with E-state index in [1.165, 1.54) is 6.92 Å². The molecule has 0 saturated carbocycles. The van der Waals surface area contributed by atoms with Crippen molar-refractivity contribution in [3.63, 3.8) is 0 Å². The van der Waals surface area contributed by atoms with E-state index in [-0.39, 0.29) is 5.78 Å². The summed E-state index contributed by atoms with van der Waals surface area (Å²) in [6.45, 7) is 14.7. The summed E-state index contributed by atoms with van der Waals surface area (Å²) >= 11 is 0. The molecule has 0 radical (unpaired) electrons. The predicted octanol–water partition coefficient (Wildman–Crippen LogP) is 4.33. The zero-order valence-electron chi connectivity index (χ0n) is 20.9. The quantitative estimate of drug-likeness (QED) is 0.564. The van der Waals surface area contributed by atoms with Gasteiger partial charge in [0.1, 0.15) is 12.0 Å². The molecule has 8 heteroatoms. The van der Waals surface area contributed by atoms with Crippen LogP contribution in [0.4, 0.5) is 0 Å². The van der Waals surface area contributed by atoms with E-state index in [1.54, 1.807) is 33.4 Å². The zero-order chi connectivity index (χ0) is 24.4. The Balaban J connectivity index is 1.86.